The first-order valence-corrected chi connectivity index (χ1v) is 9.03. The van der Waals surface area contributed by atoms with Crippen LogP contribution in [-0.4, -0.2) is 45.2 Å². The first kappa shape index (κ1) is 14.3. The van der Waals surface area contributed by atoms with Crippen LogP contribution in [0.5, 0.6) is 0 Å². The van der Waals surface area contributed by atoms with Crippen LogP contribution >= 0.6 is 0 Å². The summed E-state index contributed by atoms with van der Waals surface area (Å²) in [4.78, 5) is 0. The summed E-state index contributed by atoms with van der Waals surface area (Å²) in [5, 5.41) is 3.32. The van der Waals surface area contributed by atoms with Crippen LogP contribution in [0, 0.1) is 0 Å². The van der Waals surface area contributed by atoms with E-state index in [1.54, 1.807) is 0 Å². The Hall–Kier alpha value is -0.130. The van der Waals surface area contributed by atoms with E-state index in [4.69, 9.17) is 4.74 Å². The molecule has 2 rings (SSSR count). The predicted octanol–water partition coefficient (Wildman–Crippen LogP) is 1.50. The Kier molecular flexibility index (Phi) is 5.45. The van der Waals surface area contributed by atoms with Gasteiger partial charge in [-0.2, -0.15) is 0 Å². The number of nitrogens with one attached hydrogen (secondary N) is 1. The molecule has 5 heteroatoms. The molecule has 1 saturated heterocycles. The minimum atomic E-state index is -2.75. The van der Waals surface area contributed by atoms with Gasteiger partial charge in [0.05, 0.1) is 17.6 Å². The van der Waals surface area contributed by atoms with E-state index in [1.165, 1.54) is 32.1 Å². The Bertz CT molecular complexity index is 336. The largest absolute Gasteiger partial charge is 0.378 e. The third-order valence-electron chi connectivity index (χ3n) is 3.89. The van der Waals surface area contributed by atoms with Gasteiger partial charge in [0.25, 0.3) is 0 Å². The SMILES string of the molecule is O=S1(=O)CCC(NCCCOC2CCCCC2)C1. The summed E-state index contributed by atoms with van der Waals surface area (Å²) in [7, 11) is -2.75. The summed E-state index contributed by atoms with van der Waals surface area (Å²) < 4.78 is 28.4. The molecule has 1 N–H and O–H groups in total. The van der Waals surface area contributed by atoms with Gasteiger partial charge >= 0.3 is 0 Å². The van der Waals surface area contributed by atoms with Crippen LogP contribution in [0.25, 0.3) is 0 Å². The van der Waals surface area contributed by atoms with Crippen molar-refractivity contribution in [1.82, 2.24) is 5.32 Å². The molecule has 106 valence electrons. The molecule has 0 aromatic rings. The van der Waals surface area contributed by atoms with Crippen LogP contribution in [0.2, 0.25) is 0 Å². The number of sulfone groups is 1. The summed E-state index contributed by atoms with van der Waals surface area (Å²) >= 11 is 0. The van der Waals surface area contributed by atoms with Gasteiger partial charge in [-0.1, -0.05) is 19.3 Å². The molecule has 0 aromatic heterocycles. The van der Waals surface area contributed by atoms with Crippen LogP contribution in [0.3, 0.4) is 0 Å². The second-order valence-corrected chi connectivity index (χ2v) is 7.77. The van der Waals surface area contributed by atoms with Crippen LogP contribution in [0.4, 0.5) is 0 Å². The molecule has 1 saturated carbocycles. The highest BCUT2D eigenvalue weighted by Crippen LogP contribution is 2.20. The van der Waals surface area contributed by atoms with Crippen molar-refractivity contribution >= 4 is 9.84 Å². The Morgan fingerprint density at radius 3 is 2.56 bits per heavy atom. The lowest BCUT2D eigenvalue weighted by Crippen LogP contribution is -2.31. The first-order valence-electron chi connectivity index (χ1n) is 7.21. The summed E-state index contributed by atoms with van der Waals surface area (Å²) in [5.74, 6) is 0.666. The normalized spacial score (nSPS) is 28.6. The summed E-state index contributed by atoms with van der Waals surface area (Å²) in [6.07, 6.45) is 8.63. The number of hydrogen-bond acceptors (Lipinski definition) is 4. The maximum absolute atomic E-state index is 11.3. The van der Waals surface area contributed by atoms with E-state index in [1.807, 2.05) is 0 Å². The molecule has 1 atom stereocenters. The number of hydrogen-bond donors (Lipinski definition) is 1. The minimum absolute atomic E-state index is 0.171. The molecular formula is C13H25NO3S. The number of rotatable bonds is 6. The van der Waals surface area contributed by atoms with Crippen LogP contribution in [0.1, 0.15) is 44.9 Å². The van der Waals surface area contributed by atoms with Crippen molar-refractivity contribution in [3.8, 4) is 0 Å². The topological polar surface area (TPSA) is 55.4 Å². The first-order chi connectivity index (χ1) is 8.66. The van der Waals surface area contributed by atoms with Crippen molar-refractivity contribution in [1.29, 1.82) is 0 Å². The second kappa shape index (κ2) is 6.87. The van der Waals surface area contributed by atoms with E-state index in [-0.39, 0.29) is 6.04 Å². The molecule has 4 nitrogen and oxygen atoms in total. The zero-order valence-corrected chi connectivity index (χ0v) is 11.9. The maximum atomic E-state index is 11.3. The van der Waals surface area contributed by atoms with E-state index >= 15 is 0 Å². The van der Waals surface area contributed by atoms with Crippen LogP contribution in [-0.2, 0) is 14.6 Å². The van der Waals surface area contributed by atoms with E-state index in [0.29, 0.717) is 17.6 Å². The zero-order valence-electron chi connectivity index (χ0n) is 11.1. The van der Waals surface area contributed by atoms with E-state index in [0.717, 1.165) is 26.0 Å². The Balaban J connectivity index is 1.49. The second-order valence-electron chi connectivity index (χ2n) is 5.54. The fraction of sp³-hybridized carbons (Fsp3) is 1.00. The summed E-state index contributed by atoms with van der Waals surface area (Å²) in [6.45, 7) is 1.67. The molecule has 1 heterocycles. The molecule has 0 radical (unpaired) electrons. The highest BCUT2D eigenvalue weighted by atomic mass is 32.2. The van der Waals surface area contributed by atoms with E-state index in [9.17, 15) is 8.42 Å². The van der Waals surface area contributed by atoms with Gasteiger partial charge in [-0.15, -0.1) is 0 Å². The van der Waals surface area contributed by atoms with Crippen molar-refractivity contribution in [2.24, 2.45) is 0 Å². The smallest absolute Gasteiger partial charge is 0.151 e. The molecule has 1 unspecified atom stereocenters. The van der Waals surface area contributed by atoms with Gasteiger partial charge in [0, 0.05) is 12.6 Å². The molecule has 2 fully saturated rings. The van der Waals surface area contributed by atoms with Gasteiger partial charge in [0.2, 0.25) is 0 Å². The lowest BCUT2D eigenvalue weighted by Gasteiger charge is -2.22. The fourth-order valence-electron chi connectivity index (χ4n) is 2.82. The van der Waals surface area contributed by atoms with E-state index in [2.05, 4.69) is 5.32 Å². The van der Waals surface area contributed by atoms with Gasteiger partial charge in [0.1, 0.15) is 0 Å². The fourth-order valence-corrected chi connectivity index (χ4v) is 4.52. The molecule has 0 amide bonds. The minimum Gasteiger partial charge on any atom is -0.378 e. The standard InChI is InChI=1S/C13H25NO3S/c15-18(16)10-7-12(11-18)14-8-4-9-17-13-5-2-1-3-6-13/h12-14H,1-11H2. The van der Waals surface area contributed by atoms with Gasteiger partial charge in [-0.3, -0.25) is 0 Å². The average molecular weight is 275 g/mol. The summed E-state index contributed by atoms with van der Waals surface area (Å²) in [6, 6.07) is 0.171. The lowest BCUT2D eigenvalue weighted by molar-refractivity contribution is 0.0271. The van der Waals surface area contributed by atoms with Crippen molar-refractivity contribution in [3.05, 3.63) is 0 Å². The van der Waals surface area contributed by atoms with E-state index < -0.39 is 9.84 Å². The molecule has 0 aromatic carbocycles. The van der Waals surface area contributed by atoms with Gasteiger partial charge in [-0.25, -0.2) is 8.42 Å². The van der Waals surface area contributed by atoms with Crippen molar-refractivity contribution < 1.29 is 13.2 Å². The Morgan fingerprint density at radius 1 is 1.11 bits per heavy atom. The van der Waals surface area contributed by atoms with Gasteiger partial charge < -0.3 is 10.1 Å². The van der Waals surface area contributed by atoms with Gasteiger partial charge in [0.15, 0.2) is 9.84 Å². The predicted molar refractivity (Wildman–Crippen MR) is 72.5 cm³/mol. The zero-order chi connectivity index (χ0) is 12.8. The van der Waals surface area contributed by atoms with Crippen molar-refractivity contribution in [2.45, 2.75) is 57.1 Å². The van der Waals surface area contributed by atoms with Crippen LogP contribution in [0.15, 0.2) is 0 Å². The van der Waals surface area contributed by atoms with Crippen molar-refractivity contribution in [2.75, 3.05) is 24.7 Å². The highest BCUT2D eigenvalue weighted by Gasteiger charge is 2.26. The summed E-state index contributed by atoms with van der Waals surface area (Å²) in [5.41, 5.74) is 0. The third kappa shape index (κ3) is 4.86. The third-order valence-corrected chi connectivity index (χ3v) is 5.66. The van der Waals surface area contributed by atoms with Crippen LogP contribution < -0.4 is 5.32 Å². The van der Waals surface area contributed by atoms with Gasteiger partial charge in [-0.05, 0) is 32.2 Å². The molecule has 1 aliphatic heterocycles. The monoisotopic (exact) mass is 275 g/mol. The molecule has 18 heavy (non-hydrogen) atoms. The maximum Gasteiger partial charge on any atom is 0.151 e. The lowest BCUT2D eigenvalue weighted by atomic mass is 9.98. The number of ether oxygens (including phenoxy) is 1. The molecule has 1 aliphatic carbocycles. The molecular weight excluding hydrogens is 250 g/mol. The Morgan fingerprint density at radius 2 is 1.89 bits per heavy atom. The Labute approximate surface area is 110 Å². The highest BCUT2D eigenvalue weighted by molar-refractivity contribution is 7.91. The molecule has 0 bridgehead atoms. The molecule has 2 aliphatic rings. The average Bonchev–Trinajstić information content (AvgIpc) is 2.70. The molecule has 0 spiro atoms. The van der Waals surface area contributed by atoms with Crippen molar-refractivity contribution in [3.63, 3.8) is 0 Å². The quantitative estimate of drug-likeness (QED) is 0.746.